The van der Waals surface area contributed by atoms with Crippen molar-refractivity contribution in [3.8, 4) is 16.8 Å². The second-order valence-electron chi connectivity index (χ2n) is 14.6. The lowest BCUT2D eigenvalue weighted by atomic mass is 9.72. The lowest BCUT2D eigenvalue weighted by molar-refractivity contribution is 0.638. The third-order valence-corrected chi connectivity index (χ3v) is 11.3. The van der Waals surface area contributed by atoms with Crippen molar-refractivity contribution < 1.29 is 4.42 Å². The highest BCUT2D eigenvalue weighted by molar-refractivity contribution is 6.14. The van der Waals surface area contributed by atoms with Crippen LogP contribution in [0.3, 0.4) is 0 Å². The second kappa shape index (κ2) is 11.1. The molecule has 3 heterocycles. The highest BCUT2D eigenvalue weighted by atomic mass is 16.3. The summed E-state index contributed by atoms with van der Waals surface area (Å²) in [6, 6.07) is 51.4. The van der Waals surface area contributed by atoms with Crippen LogP contribution >= 0.6 is 0 Å². The number of aryl methyl sites for hydroxylation is 2. The zero-order valence-corrected chi connectivity index (χ0v) is 29.6. The van der Waals surface area contributed by atoms with Crippen LogP contribution in [0.15, 0.2) is 155 Å². The first-order chi connectivity index (χ1) is 25.3. The molecule has 0 saturated carbocycles. The number of para-hydroxylation sites is 3. The van der Waals surface area contributed by atoms with E-state index in [4.69, 9.17) is 4.42 Å². The van der Waals surface area contributed by atoms with Crippen molar-refractivity contribution in [2.45, 2.75) is 33.1 Å². The van der Waals surface area contributed by atoms with Crippen molar-refractivity contribution >= 4 is 60.8 Å². The molecule has 4 nitrogen and oxygen atoms in total. The first kappa shape index (κ1) is 30.4. The number of aromatic nitrogens is 1. The number of nitrogens with zero attached hydrogens (tertiary/aromatic N) is 2. The predicted octanol–water partition coefficient (Wildman–Crippen LogP) is 12.4. The molecule has 0 radical (unpaired) electrons. The van der Waals surface area contributed by atoms with Gasteiger partial charge in [-0.25, -0.2) is 0 Å². The highest BCUT2D eigenvalue weighted by Crippen LogP contribution is 2.55. The maximum Gasteiger partial charge on any atom is 0.200 e. The molecule has 0 bridgehead atoms. The van der Waals surface area contributed by atoms with Crippen LogP contribution in [0.5, 0.6) is 0 Å². The predicted molar refractivity (Wildman–Crippen MR) is 216 cm³/mol. The van der Waals surface area contributed by atoms with Gasteiger partial charge >= 0.3 is 0 Å². The minimum atomic E-state index is -0.263. The second-order valence-corrected chi connectivity index (χ2v) is 14.6. The van der Waals surface area contributed by atoms with E-state index < -0.39 is 0 Å². The molecule has 0 N–H and O–H groups in total. The summed E-state index contributed by atoms with van der Waals surface area (Å²) in [5.41, 5.74) is 14.8. The van der Waals surface area contributed by atoms with Crippen LogP contribution < -0.4 is 10.3 Å². The molecule has 7 aromatic carbocycles. The standard InChI is InChI=1S/C48H36N2O2/c1-29-26-36-44(27-30(29)2)52-43-25-20-32(28-37(43)47(36)51)31-18-21-34(22-19-31)50-40-17-11-9-15-38(40)48(3,4)46-42(50)24-23-41-45(46)35-14-8-10-16-39(35)49(41)33-12-6-5-7-13-33/h5-28H,1-4H3. The Morgan fingerprint density at radius 1 is 0.538 bits per heavy atom. The fourth-order valence-electron chi connectivity index (χ4n) is 8.56. The molecule has 1 aliphatic rings. The summed E-state index contributed by atoms with van der Waals surface area (Å²) >= 11 is 0. The topological polar surface area (TPSA) is 38.4 Å². The minimum absolute atomic E-state index is 0.00176. The van der Waals surface area contributed by atoms with E-state index in [1.165, 1.54) is 44.3 Å². The van der Waals surface area contributed by atoms with Crippen LogP contribution in [0, 0.1) is 13.8 Å². The lowest BCUT2D eigenvalue weighted by Crippen LogP contribution is -2.30. The zero-order valence-electron chi connectivity index (χ0n) is 29.6. The number of hydrogen-bond donors (Lipinski definition) is 0. The van der Waals surface area contributed by atoms with Crippen molar-refractivity contribution in [3.05, 3.63) is 178 Å². The van der Waals surface area contributed by atoms with Crippen molar-refractivity contribution in [3.63, 3.8) is 0 Å². The van der Waals surface area contributed by atoms with Gasteiger partial charge in [0.1, 0.15) is 11.2 Å². The molecule has 0 fully saturated rings. The van der Waals surface area contributed by atoms with Gasteiger partial charge in [0.25, 0.3) is 0 Å². The molecule has 0 atom stereocenters. The highest BCUT2D eigenvalue weighted by Gasteiger charge is 2.39. The van der Waals surface area contributed by atoms with Crippen LogP contribution in [-0.2, 0) is 5.41 Å². The number of rotatable bonds is 3. The normalized spacial score (nSPS) is 13.6. The van der Waals surface area contributed by atoms with E-state index in [9.17, 15) is 4.79 Å². The van der Waals surface area contributed by atoms with Gasteiger partial charge in [-0.2, -0.15) is 0 Å². The summed E-state index contributed by atoms with van der Waals surface area (Å²) in [5.74, 6) is 0. The van der Waals surface area contributed by atoms with Gasteiger partial charge < -0.3 is 13.9 Å². The Hall–Kier alpha value is -6.39. The van der Waals surface area contributed by atoms with Gasteiger partial charge in [0, 0.05) is 27.6 Å². The molecule has 0 spiro atoms. The minimum Gasteiger partial charge on any atom is -0.456 e. The first-order valence-corrected chi connectivity index (χ1v) is 17.9. The van der Waals surface area contributed by atoms with Crippen molar-refractivity contribution in [2.75, 3.05) is 4.90 Å². The Labute approximate surface area is 301 Å². The first-order valence-electron chi connectivity index (χ1n) is 17.9. The summed E-state index contributed by atoms with van der Waals surface area (Å²) in [6.07, 6.45) is 0. The molecule has 0 aliphatic carbocycles. The van der Waals surface area contributed by atoms with Gasteiger partial charge in [-0.05, 0) is 120 Å². The smallest absolute Gasteiger partial charge is 0.200 e. The fraction of sp³-hybridized carbons (Fsp3) is 0.104. The van der Waals surface area contributed by atoms with E-state index in [0.717, 1.165) is 33.6 Å². The van der Waals surface area contributed by atoms with Crippen LogP contribution in [0.2, 0.25) is 0 Å². The number of fused-ring (bicyclic) bond motifs is 8. The summed E-state index contributed by atoms with van der Waals surface area (Å²) < 4.78 is 8.61. The molecule has 4 heteroatoms. The van der Waals surface area contributed by atoms with Gasteiger partial charge in [-0.3, -0.25) is 4.79 Å². The third kappa shape index (κ3) is 4.31. The van der Waals surface area contributed by atoms with Gasteiger partial charge in [0.2, 0.25) is 5.43 Å². The molecule has 10 rings (SSSR count). The van der Waals surface area contributed by atoms with Crippen molar-refractivity contribution in [2.24, 2.45) is 0 Å². The molecule has 52 heavy (non-hydrogen) atoms. The summed E-state index contributed by atoms with van der Waals surface area (Å²) in [6.45, 7) is 8.79. The lowest BCUT2D eigenvalue weighted by Gasteiger charge is -2.42. The Kier molecular flexibility index (Phi) is 6.47. The van der Waals surface area contributed by atoms with E-state index in [0.29, 0.717) is 21.9 Å². The van der Waals surface area contributed by atoms with Crippen LogP contribution in [0.1, 0.15) is 36.1 Å². The molecular formula is C48H36N2O2. The van der Waals surface area contributed by atoms with Gasteiger partial charge in [0.05, 0.1) is 33.2 Å². The monoisotopic (exact) mass is 672 g/mol. The van der Waals surface area contributed by atoms with Gasteiger partial charge in [0.15, 0.2) is 0 Å². The Bertz CT molecular complexity index is 2970. The molecule has 0 saturated heterocycles. The average Bonchev–Trinajstić information content (AvgIpc) is 3.51. The molecule has 2 aromatic heterocycles. The van der Waals surface area contributed by atoms with E-state index in [-0.39, 0.29) is 10.8 Å². The van der Waals surface area contributed by atoms with E-state index in [1.54, 1.807) is 0 Å². The zero-order chi connectivity index (χ0) is 35.3. The third-order valence-electron chi connectivity index (χ3n) is 11.3. The van der Waals surface area contributed by atoms with Gasteiger partial charge in [-0.1, -0.05) is 86.6 Å². The summed E-state index contributed by atoms with van der Waals surface area (Å²) in [7, 11) is 0. The molecule has 250 valence electrons. The Morgan fingerprint density at radius 3 is 2.06 bits per heavy atom. The van der Waals surface area contributed by atoms with Crippen LogP contribution in [0.4, 0.5) is 17.1 Å². The molecule has 1 aliphatic heterocycles. The van der Waals surface area contributed by atoms with Crippen molar-refractivity contribution in [1.29, 1.82) is 0 Å². The Morgan fingerprint density at radius 2 is 1.23 bits per heavy atom. The quantitative estimate of drug-likeness (QED) is 0.175. The van der Waals surface area contributed by atoms with E-state index in [2.05, 4.69) is 139 Å². The molecule has 0 amide bonds. The maximum atomic E-state index is 13.7. The molecule has 0 unspecified atom stereocenters. The Balaban J connectivity index is 1.15. The molecule has 9 aromatic rings. The van der Waals surface area contributed by atoms with Gasteiger partial charge in [-0.15, -0.1) is 0 Å². The fourth-order valence-corrected chi connectivity index (χ4v) is 8.56. The number of benzene rings is 7. The van der Waals surface area contributed by atoms with Crippen LogP contribution in [-0.4, -0.2) is 4.57 Å². The number of anilines is 3. The SMILES string of the molecule is Cc1cc2oc3ccc(-c4ccc(N5c6ccccc6C(C)(C)c6c5ccc5c6c6ccccc6n5-c5ccccc5)cc4)cc3c(=O)c2cc1C. The largest absolute Gasteiger partial charge is 0.456 e. The summed E-state index contributed by atoms with van der Waals surface area (Å²) in [5, 5.41) is 3.75. The van der Waals surface area contributed by atoms with E-state index in [1.807, 2.05) is 44.2 Å². The number of hydrogen-bond acceptors (Lipinski definition) is 3. The van der Waals surface area contributed by atoms with Crippen LogP contribution in [0.25, 0.3) is 60.6 Å². The maximum absolute atomic E-state index is 13.7. The average molecular weight is 673 g/mol. The van der Waals surface area contributed by atoms with Crippen molar-refractivity contribution in [1.82, 2.24) is 4.57 Å². The molecular weight excluding hydrogens is 637 g/mol. The van der Waals surface area contributed by atoms with E-state index >= 15 is 0 Å². The summed E-state index contributed by atoms with van der Waals surface area (Å²) in [4.78, 5) is 16.1.